The van der Waals surface area contributed by atoms with Crippen molar-refractivity contribution in [2.24, 2.45) is 11.7 Å². The summed E-state index contributed by atoms with van der Waals surface area (Å²) in [5.41, 5.74) is 10.2. The second-order valence-electron chi connectivity index (χ2n) is 9.09. The lowest BCUT2D eigenvalue weighted by atomic mass is 10.0. The minimum atomic E-state index is -2.29. The summed E-state index contributed by atoms with van der Waals surface area (Å²) in [4.78, 5) is 12.6. The van der Waals surface area contributed by atoms with Gasteiger partial charge in [-0.15, -0.1) is 0 Å². The summed E-state index contributed by atoms with van der Waals surface area (Å²) >= 11 is 13.4. The average molecular weight is 622 g/mol. The highest BCUT2D eigenvalue weighted by Gasteiger charge is 2.28. The number of aromatic nitrogens is 2. The number of hydrogen-bond acceptors (Lipinski definition) is 3. The summed E-state index contributed by atoms with van der Waals surface area (Å²) in [7, 11) is 0. The molecule has 4 aromatic rings. The first-order valence-corrected chi connectivity index (χ1v) is 14.3. The summed E-state index contributed by atoms with van der Waals surface area (Å²) in [6, 6.07) is 14.5. The van der Waals surface area contributed by atoms with E-state index in [0.29, 0.717) is 50.4 Å². The predicted molar refractivity (Wildman–Crippen MR) is 152 cm³/mol. The third-order valence-corrected chi connectivity index (χ3v) is 8.69. The Balaban J connectivity index is 1.60. The molecule has 2 aromatic carbocycles. The number of fused-ring (bicyclic) bond motifs is 1. The first-order chi connectivity index (χ1) is 17.7. The number of carbonyl (C=O) groups is 1. The summed E-state index contributed by atoms with van der Waals surface area (Å²) in [5.74, 6) is -0.101. The molecule has 37 heavy (non-hydrogen) atoms. The Morgan fingerprint density at radius 2 is 1.92 bits per heavy atom. The number of carbonyl (C=O) groups excluding carboxylic acids is 1. The zero-order chi connectivity index (χ0) is 26.3. The second kappa shape index (κ2) is 10.7. The van der Waals surface area contributed by atoms with Gasteiger partial charge in [-0.3, -0.25) is 13.7 Å². The number of benzene rings is 2. The monoisotopic (exact) mass is 620 g/mol. The molecule has 192 valence electrons. The van der Waals surface area contributed by atoms with Crippen molar-refractivity contribution in [2.75, 3.05) is 10.8 Å². The van der Waals surface area contributed by atoms with Gasteiger partial charge in [0.1, 0.15) is 5.69 Å². The normalized spacial score (nSPS) is 14.2. The van der Waals surface area contributed by atoms with Gasteiger partial charge >= 0.3 is 0 Å². The van der Waals surface area contributed by atoms with Gasteiger partial charge in [0.25, 0.3) is 17.2 Å². The standard InChI is InChI=1S/C26H23BrCl2N4O3S/c27-20-8-3-16(12-21(20)29)9-10-33(37(35)36)23-14-32-22(13-18(23)11-15-1-2-15)24(26(30)34)25(31-32)17-4-6-19(28)7-5-17/h3-8,12-15H,1-2,9-11H2,(H2,30,34)(H,35,36). The van der Waals surface area contributed by atoms with Crippen molar-refractivity contribution in [3.63, 3.8) is 0 Å². The number of nitrogens with two attached hydrogens (primary N) is 1. The quantitative estimate of drug-likeness (QED) is 0.214. The Labute approximate surface area is 235 Å². The molecule has 3 N–H and O–H groups in total. The topological polar surface area (TPSA) is 101 Å². The van der Waals surface area contributed by atoms with E-state index in [0.717, 1.165) is 34.9 Å². The van der Waals surface area contributed by atoms with Gasteiger partial charge in [0.15, 0.2) is 0 Å². The van der Waals surface area contributed by atoms with Crippen molar-refractivity contribution in [3.05, 3.63) is 85.9 Å². The first-order valence-electron chi connectivity index (χ1n) is 11.6. The Morgan fingerprint density at radius 1 is 1.19 bits per heavy atom. The molecule has 0 bridgehead atoms. The lowest BCUT2D eigenvalue weighted by Crippen LogP contribution is -2.29. The van der Waals surface area contributed by atoms with Crippen molar-refractivity contribution < 1.29 is 13.6 Å². The largest absolute Gasteiger partial charge is 0.365 e. The van der Waals surface area contributed by atoms with Crippen LogP contribution in [0.15, 0.2) is 59.2 Å². The number of primary amides is 1. The van der Waals surface area contributed by atoms with Gasteiger partial charge in [-0.05, 0) is 89.0 Å². The van der Waals surface area contributed by atoms with Gasteiger partial charge in [-0.25, -0.2) is 8.72 Å². The molecule has 2 aromatic heterocycles. The summed E-state index contributed by atoms with van der Waals surface area (Å²) in [6.45, 7) is 0.276. The van der Waals surface area contributed by atoms with Crippen molar-refractivity contribution in [2.45, 2.75) is 25.7 Å². The maximum absolute atomic E-state index is 12.6. The van der Waals surface area contributed by atoms with Crippen LogP contribution in [0.1, 0.15) is 34.3 Å². The van der Waals surface area contributed by atoms with Gasteiger partial charge < -0.3 is 5.73 Å². The van der Waals surface area contributed by atoms with Crippen LogP contribution in [-0.2, 0) is 24.1 Å². The molecule has 1 saturated carbocycles. The van der Waals surface area contributed by atoms with Crippen LogP contribution in [0.3, 0.4) is 0 Å². The van der Waals surface area contributed by atoms with E-state index in [1.165, 1.54) is 4.31 Å². The van der Waals surface area contributed by atoms with Gasteiger partial charge in [-0.1, -0.05) is 41.4 Å². The lowest BCUT2D eigenvalue weighted by Gasteiger charge is -2.23. The molecule has 1 fully saturated rings. The van der Waals surface area contributed by atoms with Crippen LogP contribution in [-0.4, -0.2) is 30.8 Å². The van der Waals surface area contributed by atoms with Crippen molar-refractivity contribution in [1.82, 2.24) is 9.61 Å². The fourth-order valence-corrected chi connectivity index (χ4v) is 5.56. The molecule has 0 radical (unpaired) electrons. The molecule has 7 nitrogen and oxygen atoms in total. The number of halogens is 3. The lowest BCUT2D eigenvalue weighted by molar-refractivity contribution is 0.100. The molecule has 2 heterocycles. The summed E-state index contributed by atoms with van der Waals surface area (Å²) in [6.07, 6.45) is 5.14. The van der Waals surface area contributed by atoms with E-state index in [1.54, 1.807) is 35.0 Å². The molecule has 0 aliphatic heterocycles. The van der Waals surface area contributed by atoms with Crippen LogP contribution in [0.4, 0.5) is 5.69 Å². The number of amides is 1. The maximum atomic E-state index is 12.6. The molecular weight excluding hydrogens is 599 g/mol. The molecule has 0 saturated heterocycles. The smallest absolute Gasteiger partial charge is 0.261 e. The zero-order valence-corrected chi connectivity index (χ0v) is 23.4. The average Bonchev–Trinajstić information content (AvgIpc) is 3.59. The highest BCUT2D eigenvalue weighted by atomic mass is 79.9. The van der Waals surface area contributed by atoms with Crippen LogP contribution >= 0.6 is 39.1 Å². The fraction of sp³-hybridized carbons (Fsp3) is 0.231. The Bertz CT molecular complexity index is 1520. The van der Waals surface area contributed by atoms with Gasteiger partial charge in [0, 0.05) is 21.6 Å². The van der Waals surface area contributed by atoms with Crippen molar-refractivity contribution >= 4 is 67.5 Å². The van der Waals surface area contributed by atoms with Crippen LogP contribution in [0.25, 0.3) is 16.8 Å². The molecule has 1 aliphatic rings. The summed E-state index contributed by atoms with van der Waals surface area (Å²) < 4.78 is 26.6. The Kier molecular flexibility index (Phi) is 7.60. The van der Waals surface area contributed by atoms with E-state index in [4.69, 9.17) is 28.9 Å². The predicted octanol–water partition coefficient (Wildman–Crippen LogP) is 6.31. The third-order valence-electron chi connectivity index (χ3n) is 6.45. The van der Waals surface area contributed by atoms with E-state index >= 15 is 0 Å². The van der Waals surface area contributed by atoms with Gasteiger partial charge in [0.05, 0.1) is 28.0 Å². The molecular formula is C26H23BrCl2N4O3S. The molecule has 11 heteroatoms. The zero-order valence-electron chi connectivity index (χ0n) is 19.5. The third kappa shape index (κ3) is 5.71. The van der Waals surface area contributed by atoms with Crippen LogP contribution < -0.4 is 10.0 Å². The highest BCUT2D eigenvalue weighted by Crippen LogP contribution is 2.38. The number of hydrogen-bond donors (Lipinski definition) is 2. The molecule has 1 unspecified atom stereocenters. The Hall–Kier alpha value is -2.43. The molecule has 1 amide bonds. The SMILES string of the molecule is NC(=O)c1c(-c2ccc(Cl)cc2)nn2cc(N(CCc3ccc(Br)c(Cl)c3)S(=O)O)c(CC3CC3)cc12. The van der Waals surface area contributed by atoms with E-state index in [2.05, 4.69) is 21.0 Å². The van der Waals surface area contributed by atoms with Crippen LogP contribution in [0.5, 0.6) is 0 Å². The molecule has 1 atom stereocenters. The fourth-order valence-electron chi connectivity index (χ4n) is 4.40. The second-order valence-corrected chi connectivity index (χ2v) is 11.7. The van der Waals surface area contributed by atoms with Crippen LogP contribution in [0.2, 0.25) is 10.0 Å². The van der Waals surface area contributed by atoms with Gasteiger partial charge in [0.2, 0.25) is 0 Å². The van der Waals surface area contributed by atoms with E-state index < -0.39 is 17.2 Å². The minimum absolute atomic E-state index is 0.276. The number of pyridine rings is 1. The number of nitrogens with zero attached hydrogens (tertiary/aromatic N) is 3. The van der Waals surface area contributed by atoms with Crippen molar-refractivity contribution in [1.29, 1.82) is 0 Å². The highest BCUT2D eigenvalue weighted by molar-refractivity contribution is 9.10. The molecule has 1 aliphatic carbocycles. The van der Waals surface area contributed by atoms with Crippen LogP contribution in [0, 0.1) is 5.92 Å². The summed E-state index contributed by atoms with van der Waals surface area (Å²) in [5, 5.41) is 5.80. The van der Waals surface area contributed by atoms with Crippen molar-refractivity contribution in [3.8, 4) is 11.3 Å². The van der Waals surface area contributed by atoms with Gasteiger partial charge in [-0.2, -0.15) is 5.10 Å². The molecule has 0 spiro atoms. The van der Waals surface area contributed by atoms with E-state index in [1.807, 2.05) is 24.3 Å². The Morgan fingerprint density at radius 3 is 2.54 bits per heavy atom. The maximum Gasteiger partial charge on any atom is 0.261 e. The van der Waals surface area contributed by atoms with E-state index in [-0.39, 0.29) is 6.54 Å². The minimum Gasteiger partial charge on any atom is -0.365 e. The molecule has 5 rings (SSSR count). The van der Waals surface area contributed by atoms with E-state index in [9.17, 15) is 13.6 Å². The first kappa shape index (κ1) is 26.2. The number of anilines is 1. The number of rotatable bonds is 9.